The van der Waals surface area contributed by atoms with Gasteiger partial charge in [-0.2, -0.15) is 0 Å². The SMILES string of the molecule is N=C(N)SCCOc1cccc(Br)c1. The first kappa shape index (κ1) is 11.4. The van der Waals surface area contributed by atoms with E-state index < -0.39 is 0 Å². The number of halogens is 1. The summed E-state index contributed by atoms with van der Waals surface area (Å²) in [5.41, 5.74) is 5.18. The first-order chi connectivity index (χ1) is 6.68. The standard InChI is InChI=1S/C9H11BrN2OS/c10-7-2-1-3-8(6-7)13-4-5-14-9(11)12/h1-3,6H,4-5H2,(H3,11,12). The van der Waals surface area contributed by atoms with Gasteiger partial charge in [0, 0.05) is 10.2 Å². The quantitative estimate of drug-likeness (QED) is 0.504. The molecule has 76 valence electrons. The van der Waals surface area contributed by atoms with Crippen LogP contribution in [0.1, 0.15) is 0 Å². The third-order valence-electron chi connectivity index (χ3n) is 1.41. The molecule has 0 unspecified atom stereocenters. The molecular formula is C9H11BrN2OS. The molecule has 0 aromatic heterocycles. The van der Waals surface area contributed by atoms with Crippen molar-refractivity contribution in [3.8, 4) is 5.75 Å². The fourth-order valence-electron chi connectivity index (χ4n) is 0.868. The van der Waals surface area contributed by atoms with Crippen molar-refractivity contribution in [1.82, 2.24) is 0 Å². The number of ether oxygens (including phenoxy) is 1. The van der Waals surface area contributed by atoms with Crippen molar-refractivity contribution in [3.05, 3.63) is 28.7 Å². The van der Waals surface area contributed by atoms with E-state index in [2.05, 4.69) is 15.9 Å². The second-order valence-electron chi connectivity index (χ2n) is 2.52. The molecule has 1 aromatic carbocycles. The van der Waals surface area contributed by atoms with E-state index in [9.17, 15) is 0 Å². The number of hydrogen-bond acceptors (Lipinski definition) is 3. The monoisotopic (exact) mass is 274 g/mol. The summed E-state index contributed by atoms with van der Waals surface area (Å²) < 4.78 is 6.43. The van der Waals surface area contributed by atoms with E-state index in [-0.39, 0.29) is 5.17 Å². The maximum absolute atomic E-state index is 6.99. The summed E-state index contributed by atoms with van der Waals surface area (Å²) in [5.74, 6) is 1.52. The molecule has 3 N–H and O–H groups in total. The van der Waals surface area contributed by atoms with Crippen LogP contribution in [0.3, 0.4) is 0 Å². The third-order valence-corrected chi connectivity index (χ3v) is 2.58. The minimum Gasteiger partial charge on any atom is -0.493 e. The Bertz CT molecular complexity index is 319. The zero-order valence-electron chi connectivity index (χ0n) is 7.50. The van der Waals surface area contributed by atoms with Crippen molar-refractivity contribution in [3.63, 3.8) is 0 Å². The predicted octanol–water partition coefficient (Wildman–Crippen LogP) is 2.45. The Hall–Kier alpha value is -0.680. The first-order valence-corrected chi connectivity index (χ1v) is 5.81. The van der Waals surface area contributed by atoms with Gasteiger partial charge in [0.2, 0.25) is 0 Å². The molecule has 0 saturated carbocycles. The van der Waals surface area contributed by atoms with E-state index in [4.69, 9.17) is 15.9 Å². The van der Waals surface area contributed by atoms with Gasteiger partial charge >= 0.3 is 0 Å². The van der Waals surface area contributed by atoms with Crippen molar-refractivity contribution >= 4 is 32.9 Å². The summed E-state index contributed by atoms with van der Waals surface area (Å²) in [5, 5.41) is 7.12. The maximum atomic E-state index is 6.99. The van der Waals surface area contributed by atoms with Gasteiger partial charge in [-0.15, -0.1) is 0 Å². The minimum absolute atomic E-state index is 0.128. The van der Waals surface area contributed by atoms with Crippen molar-refractivity contribution in [2.75, 3.05) is 12.4 Å². The Morgan fingerprint density at radius 1 is 1.57 bits per heavy atom. The zero-order chi connectivity index (χ0) is 10.4. The number of rotatable bonds is 4. The van der Waals surface area contributed by atoms with Gasteiger partial charge in [-0.05, 0) is 18.2 Å². The van der Waals surface area contributed by atoms with Gasteiger partial charge in [0.15, 0.2) is 5.17 Å². The molecule has 3 nitrogen and oxygen atoms in total. The van der Waals surface area contributed by atoms with Crippen molar-refractivity contribution in [2.45, 2.75) is 0 Å². The van der Waals surface area contributed by atoms with Crippen LogP contribution in [0.4, 0.5) is 0 Å². The van der Waals surface area contributed by atoms with Gasteiger partial charge in [-0.25, -0.2) is 0 Å². The van der Waals surface area contributed by atoms with E-state index in [0.717, 1.165) is 10.2 Å². The molecule has 1 aromatic rings. The molecule has 0 atom stereocenters. The van der Waals surface area contributed by atoms with E-state index in [1.807, 2.05) is 24.3 Å². The molecule has 0 spiro atoms. The van der Waals surface area contributed by atoms with Crippen molar-refractivity contribution < 1.29 is 4.74 Å². The van der Waals surface area contributed by atoms with Gasteiger partial charge in [0.05, 0.1) is 6.61 Å². The molecule has 14 heavy (non-hydrogen) atoms. The van der Waals surface area contributed by atoms with Crippen LogP contribution in [-0.2, 0) is 0 Å². The second-order valence-corrected chi connectivity index (χ2v) is 4.57. The molecule has 0 amide bonds. The summed E-state index contributed by atoms with van der Waals surface area (Å²) in [4.78, 5) is 0. The predicted molar refractivity (Wildman–Crippen MR) is 64.0 cm³/mol. The van der Waals surface area contributed by atoms with Crippen LogP contribution in [0.25, 0.3) is 0 Å². The smallest absolute Gasteiger partial charge is 0.151 e. The van der Waals surface area contributed by atoms with Gasteiger partial charge < -0.3 is 10.5 Å². The fourth-order valence-corrected chi connectivity index (χ4v) is 1.63. The minimum atomic E-state index is 0.128. The van der Waals surface area contributed by atoms with Gasteiger partial charge in [-0.3, -0.25) is 5.41 Å². The van der Waals surface area contributed by atoms with Crippen LogP contribution in [0.15, 0.2) is 28.7 Å². The van der Waals surface area contributed by atoms with E-state index >= 15 is 0 Å². The molecule has 5 heteroatoms. The molecule has 0 radical (unpaired) electrons. The number of thioether (sulfide) groups is 1. The van der Waals surface area contributed by atoms with E-state index in [0.29, 0.717) is 12.4 Å². The Kier molecular flexibility index (Phi) is 4.82. The van der Waals surface area contributed by atoms with Crippen LogP contribution in [-0.4, -0.2) is 17.5 Å². The topological polar surface area (TPSA) is 59.1 Å². The molecule has 0 heterocycles. The summed E-state index contributed by atoms with van der Waals surface area (Å²) in [6.45, 7) is 0.556. The lowest BCUT2D eigenvalue weighted by Crippen LogP contribution is -2.08. The number of hydrogen-bond donors (Lipinski definition) is 2. The van der Waals surface area contributed by atoms with Gasteiger partial charge in [0.1, 0.15) is 5.75 Å². The molecule has 0 aliphatic heterocycles. The highest BCUT2D eigenvalue weighted by Gasteiger charge is 1.95. The van der Waals surface area contributed by atoms with Crippen LogP contribution in [0.2, 0.25) is 0 Å². The highest BCUT2D eigenvalue weighted by molar-refractivity contribution is 9.10. The maximum Gasteiger partial charge on any atom is 0.151 e. The van der Waals surface area contributed by atoms with E-state index in [1.54, 1.807) is 0 Å². The largest absolute Gasteiger partial charge is 0.493 e. The van der Waals surface area contributed by atoms with Gasteiger partial charge in [0.25, 0.3) is 0 Å². The van der Waals surface area contributed by atoms with Crippen molar-refractivity contribution in [2.24, 2.45) is 5.73 Å². The lowest BCUT2D eigenvalue weighted by molar-refractivity contribution is 0.344. The molecular weight excluding hydrogens is 264 g/mol. The van der Waals surface area contributed by atoms with Crippen LogP contribution in [0, 0.1) is 5.41 Å². The Morgan fingerprint density at radius 2 is 2.36 bits per heavy atom. The molecule has 0 bridgehead atoms. The van der Waals surface area contributed by atoms with Crippen LogP contribution in [0.5, 0.6) is 5.75 Å². The number of nitrogens with one attached hydrogen (secondary N) is 1. The van der Waals surface area contributed by atoms with Crippen molar-refractivity contribution in [1.29, 1.82) is 5.41 Å². The number of amidine groups is 1. The lowest BCUT2D eigenvalue weighted by Gasteiger charge is -2.05. The Morgan fingerprint density at radius 3 is 3.00 bits per heavy atom. The summed E-state index contributed by atoms with van der Waals surface area (Å²) in [6, 6.07) is 7.65. The fraction of sp³-hybridized carbons (Fsp3) is 0.222. The summed E-state index contributed by atoms with van der Waals surface area (Å²) >= 11 is 4.63. The molecule has 0 saturated heterocycles. The molecule has 1 rings (SSSR count). The van der Waals surface area contributed by atoms with E-state index in [1.165, 1.54) is 11.8 Å². The summed E-state index contributed by atoms with van der Waals surface area (Å²) in [6.07, 6.45) is 0. The third kappa shape index (κ3) is 4.53. The molecule has 0 fully saturated rings. The second kappa shape index (κ2) is 5.93. The highest BCUT2D eigenvalue weighted by atomic mass is 79.9. The average molecular weight is 275 g/mol. The number of nitrogens with two attached hydrogens (primary N) is 1. The molecule has 0 aliphatic rings. The van der Waals surface area contributed by atoms with Crippen LogP contribution >= 0.6 is 27.7 Å². The Labute approximate surface area is 95.7 Å². The average Bonchev–Trinajstić information content (AvgIpc) is 2.12. The molecule has 0 aliphatic carbocycles. The first-order valence-electron chi connectivity index (χ1n) is 4.03. The normalized spacial score (nSPS) is 9.79. The van der Waals surface area contributed by atoms with Gasteiger partial charge in [-0.1, -0.05) is 33.8 Å². The Balaban J connectivity index is 2.28. The highest BCUT2D eigenvalue weighted by Crippen LogP contribution is 2.17. The summed E-state index contributed by atoms with van der Waals surface area (Å²) in [7, 11) is 0. The number of benzene rings is 1. The lowest BCUT2D eigenvalue weighted by atomic mass is 10.3. The van der Waals surface area contributed by atoms with Crippen LogP contribution < -0.4 is 10.5 Å². The zero-order valence-corrected chi connectivity index (χ0v) is 9.90.